The molecule has 38 heavy (non-hydrogen) atoms. The second kappa shape index (κ2) is 10.3. The number of hydrogen-bond acceptors (Lipinski definition) is 5. The van der Waals surface area contributed by atoms with Crippen molar-refractivity contribution in [2.24, 2.45) is 0 Å². The summed E-state index contributed by atoms with van der Waals surface area (Å²) < 4.78 is 6.34. The van der Waals surface area contributed by atoms with E-state index in [2.05, 4.69) is 40.1 Å². The molecule has 1 N–H and O–H groups in total. The monoisotopic (exact) mass is 511 g/mol. The molecule has 3 aliphatic rings. The van der Waals surface area contributed by atoms with Crippen LogP contribution < -0.4 is 9.64 Å². The Hall–Kier alpha value is -3.51. The molecule has 3 aliphatic heterocycles. The van der Waals surface area contributed by atoms with E-state index >= 15 is 0 Å². The first-order valence-corrected chi connectivity index (χ1v) is 14.1. The van der Waals surface area contributed by atoms with Gasteiger partial charge in [0.25, 0.3) is 5.91 Å². The van der Waals surface area contributed by atoms with Crippen molar-refractivity contribution in [1.29, 1.82) is 0 Å². The van der Waals surface area contributed by atoms with Gasteiger partial charge in [0.05, 0.1) is 11.4 Å². The summed E-state index contributed by atoms with van der Waals surface area (Å²) in [7, 11) is 0. The molecule has 198 valence electrons. The molecule has 2 atom stereocenters. The van der Waals surface area contributed by atoms with Crippen molar-refractivity contribution >= 4 is 17.3 Å². The van der Waals surface area contributed by atoms with Crippen LogP contribution in [0.5, 0.6) is 17.2 Å². The van der Waals surface area contributed by atoms with Gasteiger partial charge in [-0.05, 0) is 81.8 Å². The average Bonchev–Trinajstić information content (AvgIpc) is 3.18. The van der Waals surface area contributed by atoms with E-state index in [1.54, 1.807) is 6.07 Å². The molecule has 0 spiro atoms. The molecule has 0 saturated carbocycles. The van der Waals surface area contributed by atoms with Crippen LogP contribution in [0.3, 0.4) is 0 Å². The molecule has 3 aromatic rings. The molecule has 0 aromatic heterocycles. The lowest BCUT2D eigenvalue weighted by atomic mass is 9.93. The maximum absolute atomic E-state index is 13.1. The highest BCUT2D eigenvalue weighted by molar-refractivity contribution is 5.96. The van der Waals surface area contributed by atoms with E-state index in [1.807, 2.05) is 49.1 Å². The summed E-state index contributed by atoms with van der Waals surface area (Å²) in [6.45, 7) is 6.45. The Labute approximate surface area is 225 Å². The number of benzene rings is 3. The zero-order valence-corrected chi connectivity index (χ0v) is 22.3. The molecule has 2 saturated heterocycles. The number of phenolic OH excluding ortho intramolecular Hbond substituents is 1. The maximum Gasteiger partial charge on any atom is 0.253 e. The summed E-state index contributed by atoms with van der Waals surface area (Å²) in [4.78, 5) is 20.0. The second-order valence-corrected chi connectivity index (χ2v) is 10.8. The molecule has 2 fully saturated rings. The van der Waals surface area contributed by atoms with Gasteiger partial charge >= 0.3 is 0 Å². The zero-order chi connectivity index (χ0) is 26.2. The van der Waals surface area contributed by atoms with Crippen LogP contribution in [0, 0.1) is 0 Å². The van der Waals surface area contributed by atoms with Gasteiger partial charge in [0.2, 0.25) is 0 Å². The zero-order valence-electron chi connectivity index (χ0n) is 22.3. The van der Waals surface area contributed by atoms with Crippen LogP contribution in [0.4, 0.5) is 11.4 Å². The van der Waals surface area contributed by atoms with Crippen molar-refractivity contribution in [3.05, 3.63) is 77.9 Å². The SMILES string of the molecule is CCN(CC)C(=O)c1ccc2c(c1)Oc1ccc(O)cc1N2C1CC2CCC(C1)N2CCc1ccccc1. The number of ether oxygens (including phenoxy) is 1. The summed E-state index contributed by atoms with van der Waals surface area (Å²) in [5.74, 6) is 1.69. The Morgan fingerprint density at radius 3 is 2.34 bits per heavy atom. The molecule has 0 aliphatic carbocycles. The van der Waals surface area contributed by atoms with Crippen LogP contribution in [0.15, 0.2) is 66.7 Å². The van der Waals surface area contributed by atoms with Crippen molar-refractivity contribution in [3.8, 4) is 17.2 Å². The number of carbonyl (C=O) groups excluding carboxylic acids is 1. The number of phenols is 1. The van der Waals surface area contributed by atoms with Crippen LogP contribution in [0.2, 0.25) is 0 Å². The van der Waals surface area contributed by atoms with Crippen molar-refractivity contribution in [3.63, 3.8) is 0 Å². The van der Waals surface area contributed by atoms with Crippen molar-refractivity contribution in [2.45, 2.75) is 64.1 Å². The van der Waals surface area contributed by atoms with E-state index < -0.39 is 0 Å². The van der Waals surface area contributed by atoms with Crippen molar-refractivity contribution in [1.82, 2.24) is 9.80 Å². The molecule has 3 aromatic carbocycles. The summed E-state index contributed by atoms with van der Waals surface area (Å²) in [6, 6.07) is 23.4. The van der Waals surface area contributed by atoms with Crippen LogP contribution >= 0.6 is 0 Å². The maximum atomic E-state index is 13.1. The van der Waals surface area contributed by atoms with Crippen LogP contribution in [0.1, 0.15) is 55.5 Å². The first-order chi connectivity index (χ1) is 18.6. The quantitative estimate of drug-likeness (QED) is 0.400. The van der Waals surface area contributed by atoms with E-state index in [9.17, 15) is 9.90 Å². The molecule has 6 rings (SSSR count). The third kappa shape index (κ3) is 4.51. The van der Waals surface area contributed by atoms with Gasteiger partial charge in [0.15, 0.2) is 11.5 Å². The van der Waals surface area contributed by atoms with E-state index in [-0.39, 0.29) is 11.7 Å². The lowest BCUT2D eigenvalue weighted by molar-refractivity contribution is 0.0772. The molecule has 3 heterocycles. The van der Waals surface area contributed by atoms with Crippen molar-refractivity contribution in [2.75, 3.05) is 24.5 Å². The molecule has 2 unspecified atom stereocenters. The third-order valence-electron chi connectivity index (χ3n) is 8.67. The Morgan fingerprint density at radius 1 is 0.895 bits per heavy atom. The van der Waals surface area contributed by atoms with E-state index in [0.29, 0.717) is 42.5 Å². The van der Waals surface area contributed by atoms with Gasteiger partial charge in [-0.1, -0.05) is 30.3 Å². The normalized spacial score (nSPS) is 21.9. The number of anilines is 2. The van der Waals surface area contributed by atoms with Gasteiger partial charge in [-0.3, -0.25) is 9.69 Å². The highest BCUT2D eigenvalue weighted by Gasteiger charge is 2.44. The summed E-state index contributed by atoms with van der Waals surface area (Å²) in [5, 5.41) is 10.4. The van der Waals surface area contributed by atoms with Crippen LogP contribution in [0.25, 0.3) is 0 Å². The molecule has 0 radical (unpaired) electrons. The number of aromatic hydroxyl groups is 1. The van der Waals surface area contributed by atoms with Gasteiger partial charge < -0.3 is 19.6 Å². The average molecular weight is 512 g/mol. The predicted octanol–water partition coefficient (Wildman–Crippen LogP) is 6.36. The highest BCUT2D eigenvalue weighted by Crippen LogP contribution is 2.52. The van der Waals surface area contributed by atoms with Crippen LogP contribution in [-0.2, 0) is 6.42 Å². The minimum absolute atomic E-state index is 0.0224. The number of piperidine rings is 1. The van der Waals surface area contributed by atoms with Gasteiger partial charge in [0, 0.05) is 49.4 Å². The topological polar surface area (TPSA) is 56.3 Å². The standard InChI is InChI=1S/C32H37N3O3/c1-3-33(4-2)32(37)23-10-14-28-31(18-23)38-30-15-13-27(36)21-29(30)35(28)26-19-24-11-12-25(20-26)34(24)17-16-22-8-6-5-7-9-22/h5-10,13-15,18,21,24-26,36H,3-4,11-12,16-17,19-20H2,1-2H3. The fourth-order valence-electron chi connectivity index (χ4n) is 6.77. The number of rotatable bonds is 7. The second-order valence-electron chi connectivity index (χ2n) is 10.8. The molecular weight excluding hydrogens is 474 g/mol. The number of hydrogen-bond donors (Lipinski definition) is 1. The number of fused-ring (bicyclic) bond motifs is 4. The van der Waals surface area contributed by atoms with E-state index in [1.165, 1.54) is 18.4 Å². The fourth-order valence-corrected chi connectivity index (χ4v) is 6.77. The highest BCUT2D eigenvalue weighted by atomic mass is 16.5. The molecular formula is C32H37N3O3. The lowest BCUT2D eigenvalue weighted by Crippen LogP contribution is -2.50. The van der Waals surface area contributed by atoms with Gasteiger partial charge in [-0.2, -0.15) is 0 Å². The number of amides is 1. The molecule has 2 bridgehead atoms. The lowest BCUT2D eigenvalue weighted by Gasteiger charge is -2.46. The fraction of sp³-hybridized carbons (Fsp3) is 0.406. The summed E-state index contributed by atoms with van der Waals surface area (Å²) in [6.07, 6.45) is 5.69. The minimum atomic E-state index is 0.0224. The van der Waals surface area contributed by atoms with Gasteiger partial charge in [-0.15, -0.1) is 0 Å². The summed E-state index contributed by atoms with van der Waals surface area (Å²) >= 11 is 0. The van der Waals surface area contributed by atoms with E-state index in [4.69, 9.17) is 4.74 Å². The predicted molar refractivity (Wildman–Crippen MR) is 151 cm³/mol. The molecule has 6 nitrogen and oxygen atoms in total. The first kappa shape index (κ1) is 24.8. The van der Waals surface area contributed by atoms with Gasteiger partial charge in [0.1, 0.15) is 5.75 Å². The van der Waals surface area contributed by atoms with Crippen LogP contribution in [-0.4, -0.2) is 58.6 Å². The Kier molecular flexibility index (Phi) is 6.75. The smallest absolute Gasteiger partial charge is 0.253 e. The molecule has 1 amide bonds. The number of nitrogens with zero attached hydrogens (tertiary/aromatic N) is 3. The Morgan fingerprint density at radius 2 is 1.63 bits per heavy atom. The Balaban J connectivity index is 1.28. The van der Waals surface area contributed by atoms with E-state index in [0.717, 1.165) is 42.9 Å². The van der Waals surface area contributed by atoms with Gasteiger partial charge in [-0.25, -0.2) is 0 Å². The summed E-state index contributed by atoms with van der Waals surface area (Å²) in [5.41, 5.74) is 3.92. The van der Waals surface area contributed by atoms with Crippen molar-refractivity contribution < 1.29 is 14.6 Å². The third-order valence-corrected chi connectivity index (χ3v) is 8.67. The largest absolute Gasteiger partial charge is 0.508 e. The Bertz CT molecular complexity index is 1290. The molecule has 6 heteroatoms. The minimum Gasteiger partial charge on any atom is -0.508 e. The number of carbonyl (C=O) groups is 1. The first-order valence-electron chi connectivity index (χ1n) is 14.1.